The average molecular weight is 277 g/mol. The van der Waals surface area contributed by atoms with Crippen molar-refractivity contribution in [2.75, 3.05) is 13.1 Å². The average Bonchev–Trinajstić information content (AvgIpc) is 2.83. The lowest BCUT2D eigenvalue weighted by Gasteiger charge is -2.16. The van der Waals surface area contributed by atoms with Crippen LogP contribution in [0.2, 0.25) is 0 Å². The maximum atomic E-state index is 13.4. The van der Waals surface area contributed by atoms with E-state index >= 15 is 0 Å². The molecule has 1 atom stereocenters. The molecule has 0 aliphatic heterocycles. The van der Waals surface area contributed by atoms with Gasteiger partial charge in [0.25, 0.3) is 0 Å². The van der Waals surface area contributed by atoms with Crippen LogP contribution < -0.4 is 5.32 Å². The first-order valence-electron chi connectivity index (χ1n) is 6.88. The van der Waals surface area contributed by atoms with Crippen molar-refractivity contribution in [3.05, 3.63) is 41.5 Å². The zero-order valence-corrected chi connectivity index (χ0v) is 11.9. The number of aryl methyl sites for hydroxylation is 1. The Bertz CT molecular complexity index is 540. The second kappa shape index (κ2) is 7.09. The molecule has 1 aromatic carbocycles. The van der Waals surface area contributed by atoms with E-state index in [2.05, 4.69) is 27.7 Å². The maximum absolute atomic E-state index is 13.4. The summed E-state index contributed by atoms with van der Waals surface area (Å²) in [6.07, 6.45) is 1.72. The van der Waals surface area contributed by atoms with Crippen LogP contribution in [-0.4, -0.2) is 33.3 Å². The van der Waals surface area contributed by atoms with Crippen LogP contribution in [0.15, 0.2) is 24.3 Å². The van der Waals surface area contributed by atoms with E-state index in [-0.39, 0.29) is 11.7 Å². The van der Waals surface area contributed by atoms with Crippen molar-refractivity contribution in [2.45, 2.75) is 25.7 Å². The Labute approximate surface area is 118 Å². The quantitative estimate of drug-likeness (QED) is 0.782. The lowest BCUT2D eigenvalue weighted by atomic mass is 9.95. The Morgan fingerprint density at radius 3 is 2.90 bits per heavy atom. The van der Waals surface area contributed by atoms with E-state index in [1.54, 1.807) is 19.2 Å². The van der Waals surface area contributed by atoms with Crippen molar-refractivity contribution in [3.63, 3.8) is 0 Å². The van der Waals surface area contributed by atoms with Crippen LogP contribution in [0.25, 0.3) is 0 Å². The molecule has 1 N–H and O–H groups in total. The minimum Gasteiger partial charge on any atom is -0.316 e. The molecule has 6 heteroatoms. The summed E-state index contributed by atoms with van der Waals surface area (Å²) in [5.74, 6) is 0.608. The van der Waals surface area contributed by atoms with Crippen LogP contribution in [0, 0.1) is 5.82 Å². The van der Waals surface area contributed by atoms with Crippen LogP contribution in [0.1, 0.15) is 30.7 Å². The fraction of sp³-hybridized carbons (Fsp3) is 0.500. The summed E-state index contributed by atoms with van der Waals surface area (Å²) in [5, 5.41) is 15.4. The standard InChI is InChI=1S/C14H20FN5/c1-3-7-16-10-12(9-14-17-19-20(2)18-14)11-5-4-6-13(15)8-11/h4-6,8,12,16H,3,7,9-10H2,1-2H3. The molecule has 0 spiro atoms. The van der Waals surface area contributed by atoms with Gasteiger partial charge in [0, 0.05) is 18.9 Å². The smallest absolute Gasteiger partial charge is 0.175 e. The molecule has 2 rings (SSSR count). The first kappa shape index (κ1) is 14.6. The normalized spacial score (nSPS) is 12.6. The molecule has 0 bridgehead atoms. The number of hydrogen-bond acceptors (Lipinski definition) is 4. The van der Waals surface area contributed by atoms with Gasteiger partial charge in [-0.05, 0) is 35.9 Å². The third-order valence-electron chi connectivity index (χ3n) is 3.12. The first-order chi connectivity index (χ1) is 9.69. The fourth-order valence-corrected chi connectivity index (χ4v) is 2.15. The number of halogens is 1. The second-order valence-corrected chi connectivity index (χ2v) is 4.86. The summed E-state index contributed by atoms with van der Waals surface area (Å²) in [4.78, 5) is 1.44. The van der Waals surface area contributed by atoms with Crippen molar-refractivity contribution in [1.82, 2.24) is 25.5 Å². The molecule has 0 aliphatic carbocycles. The number of rotatable bonds is 7. The fourth-order valence-electron chi connectivity index (χ4n) is 2.15. The van der Waals surface area contributed by atoms with Crippen molar-refractivity contribution < 1.29 is 4.39 Å². The Balaban J connectivity index is 2.11. The van der Waals surface area contributed by atoms with Gasteiger partial charge in [-0.2, -0.15) is 4.80 Å². The minimum atomic E-state index is -0.213. The molecule has 2 aromatic rings. The molecule has 20 heavy (non-hydrogen) atoms. The van der Waals surface area contributed by atoms with E-state index in [0.717, 1.165) is 25.1 Å². The van der Waals surface area contributed by atoms with E-state index in [1.807, 2.05) is 6.07 Å². The first-order valence-corrected chi connectivity index (χ1v) is 6.88. The van der Waals surface area contributed by atoms with E-state index in [1.165, 1.54) is 10.9 Å². The molecule has 0 aliphatic rings. The van der Waals surface area contributed by atoms with Crippen LogP contribution >= 0.6 is 0 Å². The Morgan fingerprint density at radius 1 is 1.40 bits per heavy atom. The summed E-state index contributed by atoms with van der Waals surface area (Å²) in [7, 11) is 1.74. The van der Waals surface area contributed by atoms with Crippen LogP contribution in [0.5, 0.6) is 0 Å². The zero-order chi connectivity index (χ0) is 14.4. The molecule has 0 radical (unpaired) electrons. The van der Waals surface area contributed by atoms with Crippen molar-refractivity contribution in [3.8, 4) is 0 Å². The molecule has 1 unspecified atom stereocenters. The van der Waals surface area contributed by atoms with Gasteiger partial charge in [0.1, 0.15) is 5.82 Å². The van der Waals surface area contributed by atoms with Crippen molar-refractivity contribution in [2.24, 2.45) is 7.05 Å². The van der Waals surface area contributed by atoms with Gasteiger partial charge in [-0.15, -0.1) is 10.2 Å². The van der Waals surface area contributed by atoms with Gasteiger partial charge in [0.05, 0.1) is 7.05 Å². The molecule has 1 heterocycles. The summed E-state index contributed by atoms with van der Waals surface area (Å²) >= 11 is 0. The number of nitrogens with one attached hydrogen (secondary N) is 1. The third-order valence-corrected chi connectivity index (χ3v) is 3.12. The maximum Gasteiger partial charge on any atom is 0.175 e. The third kappa shape index (κ3) is 4.09. The number of benzene rings is 1. The second-order valence-electron chi connectivity index (χ2n) is 4.86. The summed E-state index contributed by atoms with van der Waals surface area (Å²) < 4.78 is 13.4. The Morgan fingerprint density at radius 2 is 2.25 bits per heavy atom. The van der Waals surface area contributed by atoms with Gasteiger partial charge >= 0.3 is 0 Å². The van der Waals surface area contributed by atoms with Crippen LogP contribution in [0.4, 0.5) is 4.39 Å². The summed E-state index contributed by atoms with van der Waals surface area (Å²) in [6, 6.07) is 6.72. The van der Waals surface area contributed by atoms with Gasteiger partial charge in [0.15, 0.2) is 5.82 Å². The number of aromatic nitrogens is 4. The molecule has 5 nitrogen and oxygen atoms in total. The van der Waals surface area contributed by atoms with Gasteiger partial charge in [-0.3, -0.25) is 0 Å². The van der Waals surface area contributed by atoms with Crippen molar-refractivity contribution in [1.29, 1.82) is 0 Å². The predicted molar refractivity (Wildman–Crippen MR) is 74.8 cm³/mol. The van der Waals surface area contributed by atoms with E-state index in [4.69, 9.17) is 0 Å². The van der Waals surface area contributed by atoms with Crippen molar-refractivity contribution >= 4 is 0 Å². The summed E-state index contributed by atoms with van der Waals surface area (Å²) in [5.41, 5.74) is 0.959. The number of nitrogens with zero attached hydrogens (tertiary/aromatic N) is 4. The molecule has 0 amide bonds. The monoisotopic (exact) mass is 277 g/mol. The van der Waals surface area contributed by atoms with Gasteiger partial charge in [-0.25, -0.2) is 4.39 Å². The molecule has 0 saturated carbocycles. The van der Waals surface area contributed by atoms with E-state index in [0.29, 0.717) is 12.2 Å². The van der Waals surface area contributed by atoms with Gasteiger partial charge in [0.2, 0.25) is 0 Å². The van der Waals surface area contributed by atoms with Gasteiger partial charge in [-0.1, -0.05) is 19.1 Å². The zero-order valence-electron chi connectivity index (χ0n) is 11.9. The SMILES string of the molecule is CCCNCC(Cc1nnn(C)n1)c1cccc(F)c1. The molecule has 1 aromatic heterocycles. The van der Waals surface area contributed by atoms with Crippen LogP contribution in [0.3, 0.4) is 0 Å². The van der Waals surface area contributed by atoms with Crippen LogP contribution in [-0.2, 0) is 13.5 Å². The lowest BCUT2D eigenvalue weighted by molar-refractivity contribution is 0.557. The highest BCUT2D eigenvalue weighted by Crippen LogP contribution is 2.19. The largest absolute Gasteiger partial charge is 0.316 e. The van der Waals surface area contributed by atoms with E-state index in [9.17, 15) is 4.39 Å². The Kier molecular flexibility index (Phi) is 5.17. The molecule has 0 fully saturated rings. The molecular formula is C14H20FN5. The molecular weight excluding hydrogens is 257 g/mol. The lowest BCUT2D eigenvalue weighted by Crippen LogP contribution is -2.24. The topological polar surface area (TPSA) is 55.6 Å². The highest BCUT2D eigenvalue weighted by atomic mass is 19.1. The molecule has 0 saturated heterocycles. The Hall–Kier alpha value is -1.82. The highest BCUT2D eigenvalue weighted by Gasteiger charge is 2.15. The minimum absolute atomic E-state index is 0.140. The van der Waals surface area contributed by atoms with E-state index < -0.39 is 0 Å². The molecule has 108 valence electrons. The van der Waals surface area contributed by atoms with Gasteiger partial charge < -0.3 is 5.32 Å². The number of tetrazole rings is 1. The number of hydrogen-bond donors (Lipinski definition) is 1. The summed E-state index contributed by atoms with van der Waals surface area (Å²) in [6.45, 7) is 3.84. The predicted octanol–water partition coefficient (Wildman–Crippen LogP) is 1.68. The highest BCUT2D eigenvalue weighted by molar-refractivity contribution is 5.22.